The number of hydrogen-bond donors (Lipinski definition) is 2. The Morgan fingerprint density at radius 1 is 1.26 bits per heavy atom. The summed E-state index contributed by atoms with van der Waals surface area (Å²) in [6.07, 6.45) is 3.84. The smallest absolute Gasteiger partial charge is 0.325 e. The molecule has 0 aromatic carbocycles. The first kappa shape index (κ1) is 17.2. The molecule has 128 valence electrons. The van der Waals surface area contributed by atoms with Crippen LogP contribution < -0.4 is 10.6 Å². The average molecular weight is 324 g/mol. The van der Waals surface area contributed by atoms with Gasteiger partial charge in [0.2, 0.25) is 11.8 Å². The third-order valence-electron chi connectivity index (χ3n) is 4.42. The molecule has 1 aliphatic heterocycles. The highest BCUT2D eigenvalue weighted by Crippen LogP contribution is 2.35. The van der Waals surface area contributed by atoms with Gasteiger partial charge in [0.15, 0.2) is 0 Å². The fourth-order valence-electron chi connectivity index (χ4n) is 3.02. The molecule has 0 bridgehead atoms. The number of nitrogens with zero attached hydrogens (tertiary/aromatic N) is 2. The fraction of sp³-hybridized carbons (Fsp3) is 0.733. The Morgan fingerprint density at radius 3 is 2.52 bits per heavy atom. The lowest BCUT2D eigenvalue weighted by Crippen LogP contribution is -2.44. The van der Waals surface area contributed by atoms with E-state index in [1.807, 2.05) is 0 Å². The molecule has 0 aromatic heterocycles. The number of hydrogen-bond acceptors (Lipinski definition) is 4. The van der Waals surface area contributed by atoms with E-state index in [0.717, 1.165) is 12.8 Å². The van der Waals surface area contributed by atoms with Gasteiger partial charge in [0, 0.05) is 27.1 Å². The summed E-state index contributed by atoms with van der Waals surface area (Å²) in [6.45, 7) is 0.180. The van der Waals surface area contributed by atoms with Crippen LogP contribution in [0.5, 0.6) is 0 Å². The van der Waals surface area contributed by atoms with Crippen molar-refractivity contribution in [2.45, 2.75) is 44.1 Å². The van der Waals surface area contributed by atoms with Gasteiger partial charge in [-0.15, -0.1) is 0 Å². The quantitative estimate of drug-likeness (QED) is 0.663. The molecule has 2 rings (SSSR count). The molecule has 23 heavy (non-hydrogen) atoms. The SMILES string of the molecule is CN(C)C(=O)CNC(=O)CCCN1C(=O)NC2(CCCC2)C1=O. The van der Waals surface area contributed by atoms with E-state index in [4.69, 9.17) is 0 Å². The first-order valence-electron chi connectivity index (χ1n) is 7.97. The maximum Gasteiger partial charge on any atom is 0.325 e. The van der Waals surface area contributed by atoms with Crippen molar-refractivity contribution in [3.63, 3.8) is 0 Å². The van der Waals surface area contributed by atoms with Crippen LogP contribution in [-0.2, 0) is 14.4 Å². The van der Waals surface area contributed by atoms with Gasteiger partial charge in [-0.2, -0.15) is 0 Å². The van der Waals surface area contributed by atoms with Crippen molar-refractivity contribution in [2.75, 3.05) is 27.2 Å². The molecule has 2 fully saturated rings. The highest BCUT2D eigenvalue weighted by molar-refractivity contribution is 6.07. The molecular weight excluding hydrogens is 300 g/mol. The van der Waals surface area contributed by atoms with Crippen LogP contribution in [0.2, 0.25) is 0 Å². The summed E-state index contributed by atoms with van der Waals surface area (Å²) in [5, 5.41) is 5.33. The fourth-order valence-corrected chi connectivity index (χ4v) is 3.02. The zero-order valence-corrected chi connectivity index (χ0v) is 13.7. The predicted molar refractivity (Wildman–Crippen MR) is 82.4 cm³/mol. The number of carbonyl (C=O) groups is 4. The number of urea groups is 1. The minimum Gasteiger partial charge on any atom is -0.347 e. The second-order valence-electron chi connectivity index (χ2n) is 6.34. The normalized spacial score (nSPS) is 19.1. The Labute approximate surface area is 135 Å². The van der Waals surface area contributed by atoms with E-state index < -0.39 is 5.54 Å². The summed E-state index contributed by atoms with van der Waals surface area (Å²) >= 11 is 0. The monoisotopic (exact) mass is 324 g/mol. The number of imide groups is 1. The molecule has 0 aromatic rings. The molecule has 1 heterocycles. The van der Waals surface area contributed by atoms with Gasteiger partial charge in [-0.1, -0.05) is 12.8 Å². The van der Waals surface area contributed by atoms with Crippen LogP contribution in [0.25, 0.3) is 0 Å². The number of amides is 5. The first-order chi connectivity index (χ1) is 10.9. The van der Waals surface area contributed by atoms with Crippen LogP contribution in [0.4, 0.5) is 4.79 Å². The summed E-state index contributed by atoms with van der Waals surface area (Å²) in [5.41, 5.74) is -0.697. The largest absolute Gasteiger partial charge is 0.347 e. The Morgan fingerprint density at radius 2 is 1.91 bits per heavy atom. The third kappa shape index (κ3) is 3.80. The molecular formula is C15H24N4O4. The van der Waals surface area contributed by atoms with Crippen molar-refractivity contribution in [2.24, 2.45) is 0 Å². The molecule has 1 spiro atoms. The molecule has 8 nitrogen and oxygen atoms in total. The van der Waals surface area contributed by atoms with Crippen molar-refractivity contribution in [3.8, 4) is 0 Å². The van der Waals surface area contributed by atoms with Crippen LogP contribution >= 0.6 is 0 Å². The Bertz CT molecular complexity index is 512. The molecule has 0 radical (unpaired) electrons. The molecule has 5 amide bonds. The Hall–Kier alpha value is -2.12. The average Bonchev–Trinajstić information content (AvgIpc) is 3.05. The van der Waals surface area contributed by atoms with Crippen LogP contribution in [0.15, 0.2) is 0 Å². The summed E-state index contributed by atoms with van der Waals surface area (Å²) in [4.78, 5) is 50.0. The molecule has 1 aliphatic carbocycles. The van der Waals surface area contributed by atoms with Crippen molar-refractivity contribution in [1.29, 1.82) is 0 Å². The topological polar surface area (TPSA) is 98.8 Å². The molecule has 8 heteroatoms. The van der Waals surface area contributed by atoms with E-state index in [2.05, 4.69) is 10.6 Å². The number of likely N-dealkylation sites (N-methyl/N-ethyl adjacent to an activating group) is 1. The van der Waals surface area contributed by atoms with Gasteiger partial charge in [-0.05, 0) is 19.3 Å². The lowest BCUT2D eigenvalue weighted by molar-refractivity contribution is -0.131. The summed E-state index contributed by atoms with van der Waals surface area (Å²) in [7, 11) is 3.23. The van der Waals surface area contributed by atoms with Gasteiger partial charge in [0.05, 0.1) is 6.54 Å². The highest BCUT2D eigenvalue weighted by atomic mass is 16.2. The summed E-state index contributed by atoms with van der Waals surface area (Å²) in [6, 6.07) is -0.361. The van der Waals surface area contributed by atoms with E-state index in [9.17, 15) is 19.2 Å². The Kier molecular flexibility index (Phi) is 5.23. The van der Waals surface area contributed by atoms with Gasteiger partial charge >= 0.3 is 6.03 Å². The predicted octanol–water partition coefficient (Wildman–Crippen LogP) is -0.164. The minimum atomic E-state index is -0.697. The summed E-state index contributed by atoms with van der Waals surface area (Å²) < 4.78 is 0. The maximum absolute atomic E-state index is 12.4. The lowest BCUT2D eigenvalue weighted by atomic mass is 9.98. The van der Waals surface area contributed by atoms with Crippen molar-refractivity contribution in [1.82, 2.24) is 20.4 Å². The zero-order valence-electron chi connectivity index (χ0n) is 13.7. The van der Waals surface area contributed by atoms with E-state index in [1.165, 1.54) is 9.80 Å². The van der Waals surface area contributed by atoms with E-state index in [-0.39, 0.29) is 43.3 Å². The molecule has 0 unspecified atom stereocenters. The molecule has 1 saturated heterocycles. The first-order valence-corrected chi connectivity index (χ1v) is 7.97. The number of nitrogens with one attached hydrogen (secondary N) is 2. The maximum atomic E-state index is 12.4. The standard InChI is InChI=1S/C15H24N4O4/c1-18(2)12(21)10-16-11(20)6-5-9-19-13(22)15(17-14(19)23)7-3-4-8-15/h3-10H2,1-2H3,(H,16,20)(H,17,23). The van der Waals surface area contributed by atoms with Gasteiger partial charge in [0.25, 0.3) is 5.91 Å². The number of rotatable bonds is 6. The van der Waals surface area contributed by atoms with Crippen LogP contribution in [0.3, 0.4) is 0 Å². The second-order valence-corrected chi connectivity index (χ2v) is 6.34. The molecule has 2 aliphatic rings. The highest BCUT2D eigenvalue weighted by Gasteiger charge is 2.51. The Balaban J connectivity index is 1.74. The molecule has 1 saturated carbocycles. The van der Waals surface area contributed by atoms with Gasteiger partial charge in [-0.25, -0.2) is 4.79 Å². The van der Waals surface area contributed by atoms with Crippen molar-refractivity contribution < 1.29 is 19.2 Å². The van der Waals surface area contributed by atoms with Crippen LogP contribution in [0.1, 0.15) is 38.5 Å². The van der Waals surface area contributed by atoms with E-state index in [1.54, 1.807) is 14.1 Å². The van der Waals surface area contributed by atoms with Gasteiger partial charge in [0.1, 0.15) is 5.54 Å². The summed E-state index contributed by atoms with van der Waals surface area (Å²) in [5.74, 6) is -0.610. The van der Waals surface area contributed by atoms with Crippen LogP contribution in [0, 0.1) is 0 Å². The van der Waals surface area contributed by atoms with Crippen molar-refractivity contribution >= 4 is 23.8 Å². The number of carbonyl (C=O) groups excluding carboxylic acids is 4. The molecule has 0 atom stereocenters. The minimum absolute atomic E-state index is 0.0436. The van der Waals surface area contributed by atoms with E-state index >= 15 is 0 Å². The van der Waals surface area contributed by atoms with E-state index in [0.29, 0.717) is 19.3 Å². The molecule has 2 N–H and O–H groups in total. The second kappa shape index (κ2) is 6.97. The van der Waals surface area contributed by atoms with Crippen LogP contribution in [-0.4, -0.2) is 66.3 Å². The lowest BCUT2D eigenvalue weighted by Gasteiger charge is -2.19. The third-order valence-corrected chi connectivity index (χ3v) is 4.42. The van der Waals surface area contributed by atoms with Crippen molar-refractivity contribution in [3.05, 3.63) is 0 Å². The van der Waals surface area contributed by atoms with Gasteiger partial charge in [-0.3, -0.25) is 19.3 Å². The van der Waals surface area contributed by atoms with Gasteiger partial charge < -0.3 is 15.5 Å². The zero-order chi connectivity index (χ0) is 17.0.